The van der Waals surface area contributed by atoms with Crippen molar-refractivity contribution in [3.63, 3.8) is 0 Å². The van der Waals surface area contributed by atoms with Crippen molar-refractivity contribution >= 4 is 15.9 Å². The third-order valence-corrected chi connectivity index (χ3v) is 2.94. The van der Waals surface area contributed by atoms with Gasteiger partial charge in [0.15, 0.2) is 0 Å². The summed E-state index contributed by atoms with van der Waals surface area (Å²) in [7, 11) is 0. The molecule has 0 spiro atoms. The van der Waals surface area contributed by atoms with Gasteiger partial charge < -0.3 is 9.47 Å². The van der Waals surface area contributed by atoms with Gasteiger partial charge in [-0.1, -0.05) is 6.07 Å². The van der Waals surface area contributed by atoms with E-state index in [9.17, 15) is 0 Å². The predicted molar refractivity (Wildman–Crippen MR) is 68.2 cm³/mol. The Hall–Kier alpha value is -0.700. The Morgan fingerprint density at radius 2 is 1.81 bits per heavy atom. The van der Waals surface area contributed by atoms with Crippen LogP contribution in [-0.2, 0) is 0 Å². The third-order valence-electron chi connectivity index (χ3n) is 2.16. The Morgan fingerprint density at radius 3 is 2.38 bits per heavy atom. The van der Waals surface area contributed by atoms with Gasteiger partial charge in [-0.15, -0.1) is 0 Å². The van der Waals surface area contributed by atoms with Gasteiger partial charge in [0, 0.05) is 0 Å². The number of hydrogen-bond donors (Lipinski definition) is 0. The van der Waals surface area contributed by atoms with Crippen molar-refractivity contribution in [2.75, 3.05) is 0 Å². The Morgan fingerprint density at radius 1 is 1.19 bits per heavy atom. The predicted octanol–water partition coefficient (Wildman–Crippen LogP) is 4.17. The Bertz CT molecular complexity index is 378. The first-order valence-corrected chi connectivity index (χ1v) is 6.39. The van der Waals surface area contributed by atoms with E-state index in [2.05, 4.69) is 15.9 Å². The summed E-state index contributed by atoms with van der Waals surface area (Å²) in [5, 5.41) is 0. The van der Waals surface area contributed by atoms with Crippen molar-refractivity contribution in [3.05, 3.63) is 22.7 Å². The molecular weight excluding hydrogens is 268 g/mol. The van der Waals surface area contributed by atoms with Crippen LogP contribution in [0.25, 0.3) is 0 Å². The van der Waals surface area contributed by atoms with E-state index in [-0.39, 0.29) is 5.60 Å². The first-order chi connectivity index (χ1) is 7.46. The quantitative estimate of drug-likeness (QED) is 0.830. The average Bonchev–Trinajstić information content (AvgIpc) is 2.93. The van der Waals surface area contributed by atoms with E-state index in [1.54, 1.807) is 0 Å². The molecule has 16 heavy (non-hydrogen) atoms. The number of halogens is 1. The van der Waals surface area contributed by atoms with Crippen LogP contribution in [0.3, 0.4) is 0 Å². The number of rotatable bonds is 3. The summed E-state index contributed by atoms with van der Waals surface area (Å²) in [4.78, 5) is 0. The summed E-state index contributed by atoms with van der Waals surface area (Å²) in [5.74, 6) is 1.72. The summed E-state index contributed by atoms with van der Waals surface area (Å²) < 4.78 is 12.5. The van der Waals surface area contributed by atoms with Gasteiger partial charge in [0.2, 0.25) is 0 Å². The van der Waals surface area contributed by atoms with Crippen molar-refractivity contribution in [3.8, 4) is 11.5 Å². The van der Waals surface area contributed by atoms with E-state index >= 15 is 0 Å². The van der Waals surface area contributed by atoms with Crippen LogP contribution < -0.4 is 9.47 Å². The summed E-state index contributed by atoms with van der Waals surface area (Å²) in [5.41, 5.74) is -0.194. The number of benzene rings is 1. The van der Waals surface area contributed by atoms with Gasteiger partial charge in [0.05, 0.1) is 6.10 Å². The molecule has 0 aliphatic heterocycles. The monoisotopic (exact) mass is 284 g/mol. The van der Waals surface area contributed by atoms with Gasteiger partial charge >= 0.3 is 0 Å². The van der Waals surface area contributed by atoms with Crippen molar-refractivity contribution in [2.24, 2.45) is 0 Å². The second kappa shape index (κ2) is 4.28. The highest BCUT2D eigenvalue weighted by Gasteiger charge is 2.25. The van der Waals surface area contributed by atoms with Crippen LogP contribution in [0.2, 0.25) is 0 Å². The largest absolute Gasteiger partial charge is 0.489 e. The Kier molecular flexibility index (Phi) is 3.15. The van der Waals surface area contributed by atoms with Crippen molar-refractivity contribution in [2.45, 2.75) is 45.3 Å². The van der Waals surface area contributed by atoms with Crippen molar-refractivity contribution in [1.82, 2.24) is 0 Å². The van der Waals surface area contributed by atoms with Crippen LogP contribution in [0.4, 0.5) is 0 Å². The summed E-state index contributed by atoms with van der Waals surface area (Å²) in [6, 6.07) is 5.89. The van der Waals surface area contributed by atoms with Gasteiger partial charge in [0.25, 0.3) is 0 Å². The van der Waals surface area contributed by atoms with E-state index in [0.29, 0.717) is 6.10 Å². The molecule has 1 aliphatic carbocycles. The molecule has 1 aromatic carbocycles. The van der Waals surface area contributed by atoms with Crippen LogP contribution in [0.15, 0.2) is 22.7 Å². The molecule has 0 atom stereocenters. The molecule has 0 bridgehead atoms. The average molecular weight is 285 g/mol. The highest BCUT2D eigenvalue weighted by Crippen LogP contribution is 2.38. The fraction of sp³-hybridized carbons (Fsp3) is 0.538. The smallest absolute Gasteiger partial charge is 0.138 e. The summed E-state index contributed by atoms with van der Waals surface area (Å²) >= 11 is 3.54. The molecule has 2 nitrogen and oxygen atoms in total. The standard InChI is InChI=1S/C13H17BrO2/c1-13(2,3)16-11-6-4-5-10(12(11)14)15-9-7-8-9/h4-6,9H,7-8H2,1-3H3. The summed E-state index contributed by atoms with van der Waals surface area (Å²) in [6.07, 6.45) is 2.73. The van der Waals surface area contributed by atoms with Crippen LogP contribution in [0.5, 0.6) is 11.5 Å². The van der Waals surface area contributed by atoms with Gasteiger partial charge in [0.1, 0.15) is 21.6 Å². The van der Waals surface area contributed by atoms with Crippen molar-refractivity contribution < 1.29 is 9.47 Å². The highest BCUT2D eigenvalue weighted by molar-refractivity contribution is 9.10. The molecule has 3 heteroatoms. The number of ether oxygens (including phenoxy) is 2. The lowest BCUT2D eigenvalue weighted by atomic mass is 10.2. The SMILES string of the molecule is CC(C)(C)Oc1cccc(OC2CC2)c1Br. The van der Waals surface area contributed by atoms with Crippen molar-refractivity contribution in [1.29, 1.82) is 0 Å². The number of hydrogen-bond acceptors (Lipinski definition) is 2. The van der Waals surface area contributed by atoms with Gasteiger partial charge in [-0.2, -0.15) is 0 Å². The van der Waals surface area contributed by atoms with E-state index in [0.717, 1.165) is 28.8 Å². The molecule has 88 valence electrons. The van der Waals surface area contributed by atoms with Crippen LogP contribution >= 0.6 is 15.9 Å². The van der Waals surface area contributed by atoms with E-state index in [4.69, 9.17) is 9.47 Å². The first-order valence-electron chi connectivity index (χ1n) is 5.60. The minimum Gasteiger partial charge on any atom is -0.489 e. The fourth-order valence-corrected chi connectivity index (χ4v) is 1.79. The van der Waals surface area contributed by atoms with Gasteiger partial charge in [-0.05, 0) is 61.7 Å². The molecule has 0 saturated heterocycles. The Balaban J connectivity index is 2.18. The maximum absolute atomic E-state index is 5.85. The minimum atomic E-state index is -0.194. The molecular formula is C13H17BrO2. The molecule has 1 aliphatic rings. The summed E-state index contributed by atoms with van der Waals surface area (Å²) in [6.45, 7) is 6.11. The first kappa shape index (κ1) is 11.8. The molecule has 2 rings (SSSR count). The lowest BCUT2D eigenvalue weighted by Gasteiger charge is -2.22. The zero-order chi connectivity index (χ0) is 11.8. The zero-order valence-electron chi connectivity index (χ0n) is 9.92. The fourth-order valence-electron chi connectivity index (χ4n) is 1.36. The molecule has 1 aromatic rings. The highest BCUT2D eigenvalue weighted by atomic mass is 79.9. The Labute approximate surface area is 105 Å². The second-order valence-electron chi connectivity index (χ2n) is 5.10. The van der Waals surface area contributed by atoms with E-state index in [1.807, 2.05) is 39.0 Å². The lowest BCUT2D eigenvalue weighted by Crippen LogP contribution is -2.23. The molecule has 0 N–H and O–H groups in total. The molecule has 1 fully saturated rings. The zero-order valence-corrected chi connectivity index (χ0v) is 11.5. The van der Waals surface area contributed by atoms with Gasteiger partial charge in [-0.3, -0.25) is 0 Å². The van der Waals surface area contributed by atoms with Crippen LogP contribution in [-0.4, -0.2) is 11.7 Å². The molecule has 0 amide bonds. The molecule has 0 heterocycles. The molecule has 0 aromatic heterocycles. The molecule has 0 unspecified atom stereocenters. The maximum Gasteiger partial charge on any atom is 0.138 e. The minimum absolute atomic E-state index is 0.194. The topological polar surface area (TPSA) is 18.5 Å². The molecule has 0 radical (unpaired) electrons. The molecule has 1 saturated carbocycles. The van der Waals surface area contributed by atoms with Crippen LogP contribution in [0.1, 0.15) is 33.6 Å². The van der Waals surface area contributed by atoms with Gasteiger partial charge in [-0.25, -0.2) is 0 Å². The van der Waals surface area contributed by atoms with E-state index in [1.165, 1.54) is 0 Å². The lowest BCUT2D eigenvalue weighted by molar-refractivity contribution is 0.129. The van der Waals surface area contributed by atoms with Crippen LogP contribution in [0, 0.1) is 0 Å². The van der Waals surface area contributed by atoms with E-state index < -0.39 is 0 Å². The third kappa shape index (κ3) is 3.14. The normalized spacial score (nSPS) is 16.0. The second-order valence-corrected chi connectivity index (χ2v) is 5.89. The maximum atomic E-state index is 5.85.